The topological polar surface area (TPSA) is 88.2 Å². The molecule has 0 radical (unpaired) electrons. The van der Waals surface area contributed by atoms with Gasteiger partial charge in [-0.05, 0) is 37.0 Å². The Kier molecular flexibility index (Phi) is 8.50. The molecular formula is C21H33N3O5S. The molecule has 2 saturated heterocycles. The third kappa shape index (κ3) is 6.66. The van der Waals surface area contributed by atoms with E-state index in [0.717, 1.165) is 24.2 Å². The Labute approximate surface area is 179 Å². The van der Waals surface area contributed by atoms with Crippen molar-refractivity contribution >= 4 is 15.9 Å². The van der Waals surface area contributed by atoms with Gasteiger partial charge in [0.25, 0.3) is 0 Å². The Morgan fingerprint density at radius 2 is 2.00 bits per heavy atom. The van der Waals surface area contributed by atoms with E-state index in [4.69, 9.17) is 9.47 Å². The molecule has 2 aliphatic heterocycles. The molecule has 0 aliphatic carbocycles. The number of carbonyl (C=O) groups is 1. The van der Waals surface area contributed by atoms with Crippen LogP contribution in [0, 0.1) is 0 Å². The van der Waals surface area contributed by atoms with Gasteiger partial charge in [-0.15, -0.1) is 0 Å². The maximum Gasteiger partial charge on any atom is 0.223 e. The maximum atomic E-state index is 12.9. The first-order chi connectivity index (χ1) is 14.5. The number of methoxy groups -OCH3 is 1. The van der Waals surface area contributed by atoms with Crippen molar-refractivity contribution in [1.82, 2.24) is 14.5 Å². The summed E-state index contributed by atoms with van der Waals surface area (Å²) in [7, 11) is -1.75. The number of benzene rings is 1. The number of hydrogen-bond donors (Lipinski definition) is 1. The highest BCUT2D eigenvalue weighted by atomic mass is 32.2. The molecule has 1 aromatic carbocycles. The molecule has 0 saturated carbocycles. The van der Waals surface area contributed by atoms with E-state index >= 15 is 0 Å². The number of rotatable bonds is 10. The smallest absolute Gasteiger partial charge is 0.223 e. The van der Waals surface area contributed by atoms with Crippen molar-refractivity contribution < 1.29 is 22.7 Å². The second-order valence-electron chi connectivity index (χ2n) is 7.79. The highest BCUT2D eigenvalue weighted by Gasteiger charge is 2.27. The molecule has 1 amide bonds. The SMILES string of the molecule is COc1ccc(CCC(=O)N(CCS(=O)(=O)N2CCNCC2)CC2CCCO2)cc1. The van der Waals surface area contributed by atoms with Crippen LogP contribution in [0.2, 0.25) is 0 Å². The van der Waals surface area contributed by atoms with Crippen molar-refractivity contribution in [2.75, 3.05) is 58.7 Å². The van der Waals surface area contributed by atoms with Crippen molar-refractivity contribution in [1.29, 1.82) is 0 Å². The van der Waals surface area contributed by atoms with E-state index in [9.17, 15) is 13.2 Å². The summed E-state index contributed by atoms with van der Waals surface area (Å²) in [5.74, 6) is 0.702. The molecule has 168 valence electrons. The molecule has 2 aliphatic rings. The van der Waals surface area contributed by atoms with Crippen molar-refractivity contribution in [3.05, 3.63) is 29.8 Å². The monoisotopic (exact) mass is 439 g/mol. The highest BCUT2D eigenvalue weighted by Crippen LogP contribution is 2.16. The highest BCUT2D eigenvalue weighted by molar-refractivity contribution is 7.89. The van der Waals surface area contributed by atoms with E-state index in [1.807, 2.05) is 24.3 Å². The number of ether oxygens (including phenoxy) is 2. The molecule has 0 spiro atoms. The van der Waals surface area contributed by atoms with Gasteiger partial charge in [-0.1, -0.05) is 12.1 Å². The van der Waals surface area contributed by atoms with Gasteiger partial charge in [-0.3, -0.25) is 4.79 Å². The number of sulfonamides is 1. The van der Waals surface area contributed by atoms with Crippen LogP contribution in [0.15, 0.2) is 24.3 Å². The van der Waals surface area contributed by atoms with Crippen LogP contribution in [0.4, 0.5) is 0 Å². The van der Waals surface area contributed by atoms with Gasteiger partial charge < -0.3 is 19.7 Å². The fourth-order valence-corrected chi connectivity index (χ4v) is 5.28. The molecule has 8 nitrogen and oxygen atoms in total. The number of nitrogens with one attached hydrogen (secondary N) is 1. The Morgan fingerprint density at radius 3 is 2.63 bits per heavy atom. The standard InChI is InChI=1S/C21H33N3O5S/c1-28-19-7-4-18(5-8-19)6-9-21(25)23(17-20-3-2-15-29-20)14-16-30(26,27)24-12-10-22-11-13-24/h4-5,7-8,20,22H,2-3,6,9-17H2,1H3. The first kappa shape index (κ1) is 23.0. The average molecular weight is 440 g/mol. The fourth-order valence-electron chi connectivity index (χ4n) is 3.83. The van der Waals surface area contributed by atoms with Gasteiger partial charge in [-0.25, -0.2) is 8.42 Å². The van der Waals surface area contributed by atoms with Crippen LogP contribution in [0.25, 0.3) is 0 Å². The third-order valence-corrected chi connectivity index (χ3v) is 7.53. The molecule has 1 N–H and O–H groups in total. The van der Waals surface area contributed by atoms with Crippen LogP contribution in [-0.4, -0.2) is 88.4 Å². The number of aryl methyl sites for hydroxylation is 1. The molecule has 30 heavy (non-hydrogen) atoms. The van der Waals surface area contributed by atoms with Crippen LogP contribution >= 0.6 is 0 Å². The summed E-state index contributed by atoms with van der Waals surface area (Å²) in [4.78, 5) is 14.6. The maximum absolute atomic E-state index is 12.9. The molecule has 2 heterocycles. The molecule has 1 unspecified atom stereocenters. The van der Waals surface area contributed by atoms with Gasteiger partial charge in [0.05, 0.1) is 19.0 Å². The predicted octanol–water partition coefficient (Wildman–Crippen LogP) is 0.870. The summed E-state index contributed by atoms with van der Waals surface area (Å²) in [6.45, 7) is 3.67. The fraction of sp³-hybridized carbons (Fsp3) is 0.667. The van der Waals surface area contributed by atoms with Crippen molar-refractivity contribution in [3.63, 3.8) is 0 Å². The van der Waals surface area contributed by atoms with Crippen molar-refractivity contribution in [2.45, 2.75) is 31.8 Å². The number of piperazine rings is 1. The van der Waals surface area contributed by atoms with E-state index in [1.54, 1.807) is 12.0 Å². The molecule has 3 rings (SSSR count). The summed E-state index contributed by atoms with van der Waals surface area (Å²) in [6, 6.07) is 7.66. The molecule has 2 fully saturated rings. The van der Waals surface area contributed by atoms with Crippen LogP contribution in [-0.2, 0) is 26.0 Å². The lowest BCUT2D eigenvalue weighted by molar-refractivity contribution is -0.132. The summed E-state index contributed by atoms with van der Waals surface area (Å²) >= 11 is 0. The Bertz CT molecular complexity index is 772. The Balaban J connectivity index is 1.58. The van der Waals surface area contributed by atoms with Gasteiger partial charge in [-0.2, -0.15) is 4.31 Å². The number of nitrogens with zero attached hydrogens (tertiary/aromatic N) is 2. The van der Waals surface area contributed by atoms with E-state index in [2.05, 4.69) is 5.32 Å². The largest absolute Gasteiger partial charge is 0.497 e. The van der Waals surface area contributed by atoms with Gasteiger partial charge in [0, 0.05) is 52.3 Å². The first-order valence-corrected chi connectivity index (χ1v) is 12.3. The number of carbonyl (C=O) groups excluding carboxylic acids is 1. The molecule has 0 aromatic heterocycles. The van der Waals surface area contributed by atoms with E-state index < -0.39 is 10.0 Å². The lowest BCUT2D eigenvalue weighted by Crippen LogP contribution is -2.49. The Hall–Kier alpha value is -1.68. The zero-order valence-electron chi connectivity index (χ0n) is 17.7. The predicted molar refractivity (Wildman–Crippen MR) is 115 cm³/mol. The molecule has 1 aromatic rings. The van der Waals surface area contributed by atoms with Crippen LogP contribution in [0.1, 0.15) is 24.8 Å². The zero-order valence-corrected chi connectivity index (χ0v) is 18.5. The average Bonchev–Trinajstić information content (AvgIpc) is 3.29. The Morgan fingerprint density at radius 1 is 1.27 bits per heavy atom. The van der Waals surface area contributed by atoms with Crippen LogP contribution in [0.3, 0.4) is 0 Å². The summed E-state index contributed by atoms with van der Waals surface area (Å²) in [6.07, 6.45) is 2.84. The molecule has 1 atom stereocenters. The minimum atomic E-state index is -3.38. The van der Waals surface area contributed by atoms with E-state index in [0.29, 0.717) is 52.2 Å². The van der Waals surface area contributed by atoms with Gasteiger partial charge >= 0.3 is 0 Å². The van der Waals surface area contributed by atoms with Gasteiger partial charge in [0.2, 0.25) is 15.9 Å². The van der Waals surface area contributed by atoms with Gasteiger partial charge in [0.15, 0.2) is 0 Å². The third-order valence-electron chi connectivity index (χ3n) is 5.68. The second-order valence-corrected chi connectivity index (χ2v) is 9.88. The molecule has 9 heteroatoms. The lowest BCUT2D eigenvalue weighted by Gasteiger charge is -2.29. The molecular weight excluding hydrogens is 406 g/mol. The lowest BCUT2D eigenvalue weighted by atomic mass is 10.1. The minimum Gasteiger partial charge on any atom is -0.497 e. The van der Waals surface area contributed by atoms with E-state index in [-0.39, 0.29) is 24.3 Å². The normalized spacial score (nSPS) is 20.2. The van der Waals surface area contributed by atoms with Crippen LogP contribution < -0.4 is 10.1 Å². The summed E-state index contributed by atoms with van der Waals surface area (Å²) in [5, 5.41) is 3.16. The minimum absolute atomic E-state index is 0.00294. The quantitative estimate of drug-likeness (QED) is 0.582. The van der Waals surface area contributed by atoms with E-state index in [1.165, 1.54) is 4.31 Å². The summed E-state index contributed by atoms with van der Waals surface area (Å²) in [5.41, 5.74) is 1.05. The second kappa shape index (κ2) is 11.1. The van der Waals surface area contributed by atoms with Crippen molar-refractivity contribution in [3.8, 4) is 5.75 Å². The molecule has 0 bridgehead atoms. The summed E-state index contributed by atoms with van der Waals surface area (Å²) < 4.78 is 37.8. The van der Waals surface area contributed by atoms with Crippen LogP contribution in [0.5, 0.6) is 5.75 Å². The first-order valence-electron chi connectivity index (χ1n) is 10.7. The van der Waals surface area contributed by atoms with Gasteiger partial charge in [0.1, 0.15) is 5.75 Å². The number of hydrogen-bond acceptors (Lipinski definition) is 6. The van der Waals surface area contributed by atoms with Crippen molar-refractivity contribution in [2.24, 2.45) is 0 Å². The zero-order chi connectivity index (χ0) is 21.4. The number of amides is 1.